The number of hydrogen-bond donors (Lipinski definition) is 4. The van der Waals surface area contributed by atoms with E-state index >= 15 is 0 Å². The quantitative estimate of drug-likeness (QED) is 0.615. The summed E-state index contributed by atoms with van der Waals surface area (Å²) in [5, 5.41) is 6.34. The molecule has 2 aliphatic heterocycles. The van der Waals surface area contributed by atoms with Gasteiger partial charge in [0.05, 0.1) is 5.69 Å². The SMILES string of the molecule is NCCOc1cccc(C2=CC3=CN(c4ccc(CN)cc4)C(=O)NC3N2)c1. The molecule has 0 radical (unpaired) electrons. The highest BCUT2D eigenvalue weighted by Crippen LogP contribution is 2.29. The minimum absolute atomic E-state index is 0.184. The topological polar surface area (TPSA) is 106 Å². The van der Waals surface area contributed by atoms with Gasteiger partial charge in [0.15, 0.2) is 0 Å². The van der Waals surface area contributed by atoms with Crippen LogP contribution in [-0.2, 0) is 6.54 Å². The van der Waals surface area contributed by atoms with Crippen molar-refractivity contribution in [3.8, 4) is 5.75 Å². The molecule has 28 heavy (non-hydrogen) atoms. The van der Waals surface area contributed by atoms with Crippen molar-refractivity contribution < 1.29 is 9.53 Å². The zero-order valence-electron chi connectivity index (χ0n) is 15.4. The summed E-state index contributed by atoms with van der Waals surface area (Å²) in [5.41, 5.74) is 15.8. The normalized spacial score (nSPS) is 18.0. The average Bonchev–Trinajstić information content (AvgIpc) is 3.15. The van der Waals surface area contributed by atoms with Crippen LogP contribution in [0.4, 0.5) is 10.5 Å². The Kier molecular flexibility index (Phi) is 5.01. The Morgan fingerprint density at radius 1 is 1.07 bits per heavy atom. The number of amides is 2. The molecule has 7 heteroatoms. The molecule has 0 aromatic heterocycles. The molecule has 6 N–H and O–H groups in total. The lowest BCUT2D eigenvalue weighted by Gasteiger charge is -2.29. The molecule has 0 spiro atoms. The summed E-state index contributed by atoms with van der Waals surface area (Å²) < 4.78 is 5.60. The van der Waals surface area contributed by atoms with E-state index in [1.54, 1.807) is 4.90 Å². The van der Waals surface area contributed by atoms with Gasteiger partial charge >= 0.3 is 6.03 Å². The van der Waals surface area contributed by atoms with Gasteiger partial charge in [-0.1, -0.05) is 24.3 Å². The zero-order chi connectivity index (χ0) is 19.5. The van der Waals surface area contributed by atoms with Gasteiger partial charge in [0.1, 0.15) is 18.5 Å². The summed E-state index contributed by atoms with van der Waals surface area (Å²) in [6.45, 7) is 1.41. The van der Waals surface area contributed by atoms with E-state index in [4.69, 9.17) is 16.2 Å². The molecule has 4 rings (SSSR count). The molecule has 0 saturated heterocycles. The van der Waals surface area contributed by atoms with Gasteiger partial charge in [-0.3, -0.25) is 4.90 Å². The van der Waals surface area contributed by atoms with E-state index in [2.05, 4.69) is 10.6 Å². The maximum absolute atomic E-state index is 12.6. The molecule has 1 atom stereocenters. The number of rotatable bonds is 6. The van der Waals surface area contributed by atoms with Crippen LogP contribution in [0, 0.1) is 0 Å². The highest BCUT2D eigenvalue weighted by molar-refractivity contribution is 5.96. The predicted octanol–water partition coefficient (Wildman–Crippen LogP) is 1.87. The molecule has 2 amide bonds. The van der Waals surface area contributed by atoms with Gasteiger partial charge in [-0.15, -0.1) is 0 Å². The number of carbonyl (C=O) groups is 1. The molecule has 2 heterocycles. The number of nitrogens with one attached hydrogen (secondary N) is 2. The Morgan fingerprint density at radius 2 is 1.89 bits per heavy atom. The van der Waals surface area contributed by atoms with Crippen LogP contribution in [-0.4, -0.2) is 25.3 Å². The van der Waals surface area contributed by atoms with E-state index in [0.717, 1.165) is 33.8 Å². The van der Waals surface area contributed by atoms with E-state index in [9.17, 15) is 4.79 Å². The molecule has 0 saturated carbocycles. The van der Waals surface area contributed by atoms with Crippen LogP contribution in [0.5, 0.6) is 5.75 Å². The summed E-state index contributed by atoms with van der Waals surface area (Å²) in [6.07, 6.45) is 3.64. The van der Waals surface area contributed by atoms with Crippen molar-refractivity contribution >= 4 is 17.4 Å². The first kappa shape index (κ1) is 18.1. The maximum Gasteiger partial charge on any atom is 0.327 e. The number of fused-ring (bicyclic) bond motifs is 1. The van der Waals surface area contributed by atoms with E-state index in [1.807, 2.05) is 60.8 Å². The molecule has 2 aromatic rings. The molecular formula is C21H23N5O2. The molecule has 144 valence electrons. The Labute approximate surface area is 163 Å². The molecule has 0 bridgehead atoms. The fourth-order valence-electron chi connectivity index (χ4n) is 3.24. The first-order valence-electron chi connectivity index (χ1n) is 9.20. The fourth-order valence-corrected chi connectivity index (χ4v) is 3.24. The van der Waals surface area contributed by atoms with Crippen LogP contribution >= 0.6 is 0 Å². The van der Waals surface area contributed by atoms with Crippen molar-refractivity contribution in [2.75, 3.05) is 18.1 Å². The molecular weight excluding hydrogens is 354 g/mol. The van der Waals surface area contributed by atoms with Crippen LogP contribution < -0.4 is 31.7 Å². The highest BCUT2D eigenvalue weighted by Gasteiger charge is 2.31. The van der Waals surface area contributed by atoms with Crippen molar-refractivity contribution in [3.63, 3.8) is 0 Å². The van der Waals surface area contributed by atoms with E-state index in [-0.39, 0.29) is 12.2 Å². The van der Waals surface area contributed by atoms with Gasteiger partial charge in [-0.05, 0) is 35.9 Å². The second-order valence-electron chi connectivity index (χ2n) is 6.62. The molecule has 2 aliphatic rings. The van der Waals surface area contributed by atoms with Crippen molar-refractivity contribution in [3.05, 3.63) is 77.5 Å². The van der Waals surface area contributed by atoms with Crippen LogP contribution in [0.1, 0.15) is 11.1 Å². The first-order chi connectivity index (χ1) is 13.7. The van der Waals surface area contributed by atoms with E-state index < -0.39 is 0 Å². The minimum atomic E-state index is -0.254. The maximum atomic E-state index is 12.6. The number of nitrogens with two attached hydrogens (primary N) is 2. The largest absolute Gasteiger partial charge is 0.492 e. The third kappa shape index (κ3) is 3.58. The lowest BCUT2D eigenvalue weighted by atomic mass is 10.1. The van der Waals surface area contributed by atoms with Gasteiger partial charge in [-0.2, -0.15) is 0 Å². The molecule has 1 unspecified atom stereocenters. The molecule has 0 aliphatic carbocycles. The van der Waals surface area contributed by atoms with Crippen molar-refractivity contribution in [1.82, 2.24) is 10.6 Å². The number of urea groups is 1. The van der Waals surface area contributed by atoms with Crippen molar-refractivity contribution in [1.29, 1.82) is 0 Å². The zero-order valence-corrected chi connectivity index (χ0v) is 15.4. The van der Waals surface area contributed by atoms with Crippen molar-refractivity contribution in [2.24, 2.45) is 11.5 Å². The number of benzene rings is 2. The number of carbonyl (C=O) groups excluding carboxylic acids is 1. The average molecular weight is 377 g/mol. The standard InChI is InChI=1S/C21H23N5O2/c22-8-9-28-18-3-1-2-15(10-18)19-11-16-13-26(21(27)25-20(16)24-19)17-6-4-14(12-23)5-7-17/h1-7,10-11,13,20,24H,8-9,12,22-23H2,(H,25,27). The fraction of sp³-hybridized carbons (Fsp3) is 0.190. The van der Waals surface area contributed by atoms with Gasteiger partial charge in [0.25, 0.3) is 0 Å². The van der Waals surface area contributed by atoms with Gasteiger partial charge < -0.3 is 26.8 Å². The second-order valence-corrected chi connectivity index (χ2v) is 6.62. The van der Waals surface area contributed by atoms with E-state index in [0.29, 0.717) is 19.7 Å². The van der Waals surface area contributed by atoms with Gasteiger partial charge in [-0.25, -0.2) is 4.79 Å². The predicted molar refractivity (Wildman–Crippen MR) is 109 cm³/mol. The lowest BCUT2D eigenvalue weighted by molar-refractivity contribution is 0.244. The third-order valence-electron chi connectivity index (χ3n) is 4.69. The summed E-state index contributed by atoms with van der Waals surface area (Å²) >= 11 is 0. The monoisotopic (exact) mass is 377 g/mol. The third-order valence-corrected chi connectivity index (χ3v) is 4.69. The number of hydrogen-bond acceptors (Lipinski definition) is 5. The van der Waals surface area contributed by atoms with Crippen LogP contribution in [0.3, 0.4) is 0 Å². The molecule has 7 nitrogen and oxygen atoms in total. The van der Waals surface area contributed by atoms with Gasteiger partial charge in [0, 0.05) is 36.1 Å². The van der Waals surface area contributed by atoms with Crippen molar-refractivity contribution in [2.45, 2.75) is 12.7 Å². The summed E-state index contributed by atoms with van der Waals surface area (Å²) in [6, 6.07) is 15.2. The summed E-state index contributed by atoms with van der Waals surface area (Å²) in [4.78, 5) is 14.2. The lowest BCUT2D eigenvalue weighted by Crippen LogP contribution is -2.51. The molecule has 0 fully saturated rings. The summed E-state index contributed by atoms with van der Waals surface area (Å²) in [5.74, 6) is 0.764. The smallest absolute Gasteiger partial charge is 0.327 e. The number of nitrogens with zero attached hydrogens (tertiary/aromatic N) is 1. The Hall–Kier alpha value is -3.29. The molecule has 2 aromatic carbocycles. The summed E-state index contributed by atoms with van der Waals surface area (Å²) in [7, 11) is 0. The van der Waals surface area contributed by atoms with E-state index in [1.165, 1.54) is 0 Å². The Balaban J connectivity index is 1.58. The minimum Gasteiger partial charge on any atom is -0.492 e. The first-order valence-corrected chi connectivity index (χ1v) is 9.20. The second kappa shape index (κ2) is 7.75. The Bertz CT molecular complexity index is 936. The number of ether oxygens (including phenoxy) is 1. The van der Waals surface area contributed by atoms with Gasteiger partial charge in [0.2, 0.25) is 0 Å². The number of anilines is 1. The van der Waals surface area contributed by atoms with Crippen LogP contribution in [0.15, 0.2) is 66.4 Å². The Morgan fingerprint density at radius 3 is 2.64 bits per heavy atom. The van der Waals surface area contributed by atoms with Crippen LogP contribution in [0.25, 0.3) is 5.70 Å². The highest BCUT2D eigenvalue weighted by atomic mass is 16.5. The van der Waals surface area contributed by atoms with Crippen LogP contribution in [0.2, 0.25) is 0 Å².